The van der Waals surface area contributed by atoms with E-state index in [-0.39, 0.29) is 24.6 Å². The van der Waals surface area contributed by atoms with Gasteiger partial charge in [0.1, 0.15) is 5.75 Å². The van der Waals surface area contributed by atoms with Crippen LogP contribution in [0.4, 0.5) is 0 Å². The van der Waals surface area contributed by atoms with Gasteiger partial charge in [0.15, 0.2) is 0 Å². The van der Waals surface area contributed by atoms with Crippen LogP contribution < -0.4 is 10.5 Å². The second-order valence-corrected chi connectivity index (χ2v) is 3.49. The Balaban J connectivity index is 0.00000169. The summed E-state index contributed by atoms with van der Waals surface area (Å²) in [4.78, 5) is 0. The van der Waals surface area contributed by atoms with Gasteiger partial charge < -0.3 is 10.5 Å². The van der Waals surface area contributed by atoms with Crippen LogP contribution in [-0.4, -0.2) is 6.10 Å². The molecule has 1 atom stereocenters. The van der Waals surface area contributed by atoms with Crippen molar-refractivity contribution in [3.05, 3.63) is 29.8 Å². The maximum absolute atomic E-state index is 5.81. The van der Waals surface area contributed by atoms with Crippen molar-refractivity contribution in [3.8, 4) is 5.75 Å². The molecule has 0 unspecified atom stereocenters. The number of benzene rings is 1. The number of rotatable bonds is 3. The minimum absolute atomic E-state index is 0. The average molecular weight is 216 g/mol. The number of ether oxygens (including phenoxy) is 1. The Hall–Kier alpha value is -0.730. The van der Waals surface area contributed by atoms with Gasteiger partial charge in [0, 0.05) is 11.6 Å². The fourth-order valence-corrected chi connectivity index (χ4v) is 1.22. The molecule has 0 saturated carbocycles. The third kappa shape index (κ3) is 3.56. The first-order chi connectivity index (χ1) is 6.11. The van der Waals surface area contributed by atoms with Crippen LogP contribution in [0.5, 0.6) is 5.75 Å². The van der Waals surface area contributed by atoms with E-state index in [0.717, 1.165) is 11.3 Å². The maximum atomic E-state index is 5.81. The van der Waals surface area contributed by atoms with Crippen LogP contribution in [0.3, 0.4) is 0 Å². The Kier molecular flexibility index (Phi) is 5.58. The highest BCUT2D eigenvalue weighted by Gasteiger charge is 2.07. The summed E-state index contributed by atoms with van der Waals surface area (Å²) < 4.78 is 5.63. The zero-order valence-electron chi connectivity index (χ0n) is 8.86. The minimum Gasteiger partial charge on any atom is -0.491 e. The number of halogens is 1. The van der Waals surface area contributed by atoms with E-state index in [1.807, 2.05) is 45.0 Å². The summed E-state index contributed by atoms with van der Waals surface area (Å²) in [6.07, 6.45) is 0.194. The summed E-state index contributed by atoms with van der Waals surface area (Å²) in [5.74, 6) is 0.896. The van der Waals surface area contributed by atoms with Gasteiger partial charge in [-0.25, -0.2) is 0 Å². The fourth-order valence-electron chi connectivity index (χ4n) is 1.22. The maximum Gasteiger partial charge on any atom is 0.124 e. The quantitative estimate of drug-likeness (QED) is 0.842. The van der Waals surface area contributed by atoms with Crippen molar-refractivity contribution >= 4 is 12.4 Å². The normalized spacial score (nSPS) is 12.1. The third-order valence-electron chi connectivity index (χ3n) is 1.77. The molecule has 0 saturated heterocycles. The van der Waals surface area contributed by atoms with Crippen molar-refractivity contribution < 1.29 is 4.74 Å². The van der Waals surface area contributed by atoms with E-state index in [1.165, 1.54) is 0 Å². The molecule has 0 aliphatic rings. The lowest BCUT2D eigenvalue weighted by Gasteiger charge is -2.15. The third-order valence-corrected chi connectivity index (χ3v) is 1.77. The number of nitrogens with two attached hydrogens (primary N) is 1. The molecule has 1 aromatic carbocycles. The van der Waals surface area contributed by atoms with Crippen LogP contribution in [0, 0.1) is 0 Å². The molecule has 1 aromatic rings. The van der Waals surface area contributed by atoms with Crippen LogP contribution in [-0.2, 0) is 0 Å². The van der Waals surface area contributed by atoms with E-state index in [1.54, 1.807) is 0 Å². The molecule has 3 heteroatoms. The van der Waals surface area contributed by atoms with Gasteiger partial charge in [-0.3, -0.25) is 0 Å². The van der Waals surface area contributed by atoms with Crippen LogP contribution in [0.15, 0.2) is 24.3 Å². The second kappa shape index (κ2) is 5.89. The highest BCUT2D eigenvalue weighted by atomic mass is 35.5. The molecular formula is C11H18ClNO. The molecule has 0 spiro atoms. The molecule has 2 nitrogen and oxygen atoms in total. The van der Waals surface area contributed by atoms with E-state index in [2.05, 4.69) is 0 Å². The van der Waals surface area contributed by atoms with Crippen molar-refractivity contribution in [1.82, 2.24) is 0 Å². The standard InChI is InChI=1S/C11H17NO.ClH/c1-8(2)13-11-7-5-4-6-10(11)9(3)12;/h4-9H,12H2,1-3H3;1H/t9-;/m0./s1. The molecule has 80 valence electrons. The van der Waals surface area contributed by atoms with Crippen molar-refractivity contribution in [1.29, 1.82) is 0 Å². The molecule has 0 heterocycles. The van der Waals surface area contributed by atoms with Gasteiger partial charge in [-0.05, 0) is 26.8 Å². The van der Waals surface area contributed by atoms with Crippen LogP contribution >= 0.6 is 12.4 Å². The number of hydrogen-bond donors (Lipinski definition) is 1. The first-order valence-corrected chi connectivity index (χ1v) is 4.62. The summed E-state index contributed by atoms with van der Waals surface area (Å²) in [5, 5.41) is 0. The fraction of sp³-hybridized carbons (Fsp3) is 0.455. The minimum atomic E-state index is 0. The first-order valence-electron chi connectivity index (χ1n) is 4.62. The number of hydrogen-bond acceptors (Lipinski definition) is 2. The molecule has 1 rings (SSSR count). The van der Waals surface area contributed by atoms with Gasteiger partial charge in [-0.2, -0.15) is 0 Å². The van der Waals surface area contributed by atoms with E-state index in [4.69, 9.17) is 10.5 Å². The Morgan fingerprint density at radius 2 is 1.71 bits per heavy atom. The number of para-hydroxylation sites is 1. The van der Waals surface area contributed by atoms with E-state index >= 15 is 0 Å². The largest absolute Gasteiger partial charge is 0.491 e. The molecule has 0 bridgehead atoms. The Labute approximate surface area is 91.9 Å². The summed E-state index contributed by atoms with van der Waals surface area (Å²) in [7, 11) is 0. The molecule has 0 radical (unpaired) electrons. The summed E-state index contributed by atoms with van der Waals surface area (Å²) in [6.45, 7) is 5.98. The average Bonchev–Trinajstić information content (AvgIpc) is 2.03. The van der Waals surface area contributed by atoms with Crippen LogP contribution in [0.25, 0.3) is 0 Å². The van der Waals surface area contributed by atoms with E-state index in [9.17, 15) is 0 Å². The van der Waals surface area contributed by atoms with Crippen LogP contribution in [0.1, 0.15) is 32.4 Å². The van der Waals surface area contributed by atoms with Crippen molar-refractivity contribution in [3.63, 3.8) is 0 Å². The van der Waals surface area contributed by atoms with Crippen molar-refractivity contribution in [2.75, 3.05) is 0 Å². The molecule has 0 aliphatic carbocycles. The van der Waals surface area contributed by atoms with Gasteiger partial charge in [-0.15, -0.1) is 12.4 Å². The lowest BCUT2D eigenvalue weighted by molar-refractivity contribution is 0.239. The van der Waals surface area contributed by atoms with E-state index < -0.39 is 0 Å². The SMILES string of the molecule is CC(C)Oc1ccccc1[C@H](C)N.Cl. The lowest BCUT2D eigenvalue weighted by Crippen LogP contribution is -2.11. The Morgan fingerprint density at radius 3 is 2.21 bits per heavy atom. The summed E-state index contributed by atoms with van der Waals surface area (Å²) in [6, 6.07) is 7.92. The molecule has 2 N–H and O–H groups in total. The predicted octanol–water partition coefficient (Wildman–Crippen LogP) is 2.92. The zero-order chi connectivity index (χ0) is 9.84. The topological polar surface area (TPSA) is 35.2 Å². The van der Waals surface area contributed by atoms with Gasteiger partial charge >= 0.3 is 0 Å². The highest BCUT2D eigenvalue weighted by Crippen LogP contribution is 2.23. The molecule has 14 heavy (non-hydrogen) atoms. The van der Waals surface area contributed by atoms with Crippen molar-refractivity contribution in [2.24, 2.45) is 5.73 Å². The smallest absolute Gasteiger partial charge is 0.124 e. The monoisotopic (exact) mass is 215 g/mol. The Morgan fingerprint density at radius 1 is 1.14 bits per heavy atom. The Bertz CT molecular complexity index is 274. The highest BCUT2D eigenvalue weighted by molar-refractivity contribution is 5.85. The van der Waals surface area contributed by atoms with E-state index in [0.29, 0.717) is 0 Å². The first kappa shape index (κ1) is 13.3. The predicted molar refractivity (Wildman–Crippen MR) is 62.1 cm³/mol. The van der Waals surface area contributed by atoms with Gasteiger partial charge in [0.25, 0.3) is 0 Å². The van der Waals surface area contributed by atoms with Crippen LogP contribution in [0.2, 0.25) is 0 Å². The van der Waals surface area contributed by atoms with Gasteiger partial charge in [0.2, 0.25) is 0 Å². The van der Waals surface area contributed by atoms with Crippen molar-refractivity contribution in [2.45, 2.75) is 32.9 Å². The van der Waals surface area contributed by atoms with Gasteiger partial charge in [-0.1, -0.05) is 18.2 Å². The van der Waals surface area contributed by atoms with Gasteiger partial charge in [0.05, 0.1) is 6.10 Å². The molecular weight excluding hydrogens is 198 g/mol. The molecule has 0 aromatic heterocycles. The summed E-state index contributed by atoms with van der Waals surface area (Å²) in [5.41, 5.74) is 6.88. The molecule has 0 fully saturated rings. The second-order valence-electron chi connectivity index (χ2n) is 3.49. The zero-order valence-corrected chi connectivity index (χ0v) is 9.67. The molecule has 0 amide bonds. The summed E-state index contributed by atoms with van der Waals surface area (Å²) >= 11 is 0. The molecule has 0 aliphatic heterocycles. The lowest BCUT2D eigenvalue weighted by atomic mass is 10.1.